The number of nitrogens with zero attached hydrogens (tertiary/aromatic N) is 1. The van der Waals surface area contributed by atoms with Gasteiger partial charge in [0.1, 0.15) is 23.6 Å². The number of pyridine rings is 1. The van der Waals surface area contributed by atoms with E-state index in [4.69, 9.17) is 28.4 Å². The third-order valence-corrected chi connectivity index (χ3v) is 6.80. The number of rotatable bonds is 13. The van der Waals surface area contributed by atoms with Gasteiger partial charge in [-0.2, -0.15) is 0 Å². The molecular weight excluding hydrogens is 556 g/mol. The third kappa shape index (κ3) is 8.15. The van der Waals surface area contributed by atoms with Crippen LogP contribution in [0.1, 0.15) is 59.4 Å². The Morgan fingerprint density at radius 2 is 1.40 bits per heavy atom. The minimum Gasteiger partial charge on any atom is -0.496 e. The van der Waals surface area contributed by atoms with Crippen LogP contribution in [-0.2, 0) is 19.1 Å². The van der Waals surface area contributed by atoms with Crippen molar-refractivity contribution in [1.29, 1.82) is 0 Å². The van der Waals surface area contributed by atoms with E-state index >= 15 is 0 Å². The number of carbonyl (C=O) groups excluding carboxylic acids is 3. The number of amides is 1. The SMILES string of the molecule is COc1ccc(C(c2ccc(OC)c(C)c2)[C@H](C)OC(=O)[C@H](C)NC(=O)c2nccc(OC)c2OCOC(C)=O)cc1C. The van der Waals surface area contributed by atoms with E-state index in [2.05, 4.69) is 10.3 Å². The maximum Gasteiger partial charge on any atom is 0.328 e. The van der Waals surface area contributed by atoms with Crippen LogP contribution in [0.5, 0.6) is 23.0 Å². The monoisotopic (exact) mass is 594 g/mol. The second-order valence-electron chi connectivity index (χ2n) is 9.86. The molecule has 11 heteroatoms. The van der Waals surface area contributed by atoms with Crippen molar-refractivity contribution in [2.75, 3.05) is 28.1 Å². The molecule has 0 bridgehead atoms. The Kier molecular flexibility index (Phi) is 11.3. The summed E-state index contributed by atoms with van der Waals surface area (Å²) in [5, 5.41) is 2.61. The van der Waals surface area contributed by atoms with Gasteiger partial charge in [-0.3, -0.25) is 9.59 Å². The number of methoxy groups -OCH3 is 3. The summed E-state index contributed by atoms with van der Waals surface area (Å²) >= 11 is 0. The predicted octanol–water partition coefficient (Wildman–Crippen LogP) is 4.51. The van der Waals surface area contributed by atoms with Crippen molar-refractivity contribution in [2.24, 2.45) is 0 Å². The number of hydrogen-bond donors (Lipinski definition) is 1. The highest BCUT2D eigenvalue weighted by Crippen LogP contribution is 2.35. The van der Waals surface area contributed by atoms with Crippen molar-refractivity contribution in [3.8, 4) is 23.0 Å². The lowest BCUT2D eigenvalue weighted by Crippen LogP contribution is -2.41. The van der Waals surface area contributed by atoms with E-state index in [1.54, 1.807) is 21.1 Å². The summed E-state index contributed by atoms with van der Waals surface area (Å²) in [5.41, 5.74) is 3.57. The van der Waals surface area contributed by atoms with Gasteiger partial charge in [0, 0.05) is 25.1 Å². The predicted molar refractivity (Wildman–Crippen MR) is 158 cm³/mol. The summed E-state index contributed by atoms with van der Waals surface area (Å²) in [6, 6.07) is 12.1. The molecule has 0 spiro atoms. The molecule has 1 heterocycles. The fourth-order valence-electron chi connectivity index (χ4n) is 4.67. The molecule has 2 atom stereocenters. The average molecular weight is 595 g/mol. The fourth-order valence-corrected chi connectivity index (χ4v) is 4.67. The summed E-state index contributed by atoms with van der Waals surface area (Å²) < 4.78 is 32.3. The van der Waals surface area contributed by atoms with Crippen LogP contribution in [0.15, 0.2) is 48.7 Å². The van der Waals surface area contributed by atoms with E-state index < -0.39 is 36.8 Å². The van der Waals surface area contributed by atoms with Crippen LogP contribution in [0.25, 0.3) is 0 Å². The minimum atomic E-state index is -1.04. The lowest BCUT2D eigenvalue weighted by Gasteiger charge is -2.27. The number of nitrogens with one attached hydrogen (secondary N) is 1. The Morgan fingerprint density at radius 1 is 0.837 bits per heavy atom. The van der Waals surface area contributed by atoms with E-state index in [9.17, 15) is 14.4 Å². The zero-order chi connectivity index (χ0) is 31.7. The van der Waals surface area contributed by atoms with Crippen LogP contribution in [0, 0.1) is 13.8 Å². The average Bonchev–Trinajstić information content (AvgIpc) is 2.97. The topological polar surface area (TPSA) is 132 Å². The van der Waals surface area contributed by atoms with Crippen molar-refractivity contribution < 1.29 is 42.8 Å². The number of carbonyl (C=O) groups is 3. The van der Waals surface area contributed by atoms with Crippen molar-refractivity contribution >= 4 is 17.8 Å². The van der Waals surface area contributed by atoms with Gasteiger partial charge in [0.15, 0.2) is 17.2 Å². The van der Waals surface area contributed by atoms with Crippen LogP contribution in [-0.4, -0.2) is 63.1 Å². The smallest absolute Gasteiger partial charge is 0.328 e. The number of hydrogen-bond acceptors (Lipinski definition) is 10. The number of aromatic nitrogens is 1. The molecule has 43 heavy (non-hydrogen) atoms. The quantitative estimate of drug-likeness (QED) is 0.223. The highest BCUT2D eigenvalue weighted by molar-refractivity contribution is 5.98. The van der Waals surface area contributed by atoms with Gasteiger partial charge in [-0.25, -0.2) is 9.78 Å². The summed E-state index contributed by atoms with van der Waals surface area (Å²) in [6.07, 6.45) is 0.737. The number of ether oxygens (including phenoxy) is 6. The van der Waals surface area contributed by atoms with E-state index in [-0.39, 0.29) is 23.1 Å². The molecule has 0 saturated carbocycles. The second kappa shape index (κ2) is 14.9. The van der Waals surface area contributed by atoms with Crippen LogP contribution in [0.2, 0.25) is 0 Å². The van der Waals surface area contributed by atoms with E-state index in [0.29, 0.717) is 0 Å². The Morgan fingerprint density at radius 3 is 1.88 bits per heavy atom. The summed E-state index contributed by atoms with van der Waals surface area (Å²) in [6.45, 7) is 7.98. The van der Waals surface area contributed by atoms with Crippen molar-refractivity contribution in [1.82, 2.24) is 10.3 Å². The summed E-state index contributed by atoms with van der Waals surface area (Å²) in [7, 11) is 4.62. The van der Waals surface area contributed by atoms with Gasteiger partial charge < -0.3 is 33.7 Å². The molecule has 1 N–H and O–H groups in total. The molecule has 0 aliphatic rings. The Bertz CT molecular complexity index is 1400. The van der Waals surface area contributed by atoms with Crippen LogP contribution >= 0.6 is 0 Å². The van der Waals surface area contributed by atoms with Crippen molar-refractivity contribution in [3.05, 3.63) is 76.6 Å². The maximum atomic E-state index is 13.3. The molecule has 0 saturated heterocycles. The lowest BCUT2D eigenvalue weighted by molar-refractivity contribution is -0.151. The molecule has 0 aliphatic carbocycles. The van der Waals surface area contributed by atoms with Crippen molar-refractivity contribution in [3.63, 3.8) is 0 Å². The highest BCUT2D eigenvalue weighted by atomic mass is 16.7. The van der Waals surface area contributed by atoms with Gasteiger partial charge in [-0.15, -0.1) is 0 Å². The first-order valence-electron chi connectivity index (χ1n) is 13.6. The normalized spacial score (nSPS) is 12.1. The largest absolute Gasteiger partial charge is 0.496 e. The van der Waals surface area contributed by atoms with E-state index in [1.165, 1.54) is 33.2 Å². The molecule has 0 unspecified atom stereocenters. The zero-order valence-corrected chi connectivity index (χ0v) is 25.7. The molecule has 0 radical (unpaired) electrons. The fraction of sp³-hybridized carbons (Fsp3) is 0.375. The minimum absolute atomic E-state index is 0.0394. The first kappa shape index (κ1) is 32.7. The van der Waals surface area contributed by atoms with Crippen LogP contribution in [0.3, 0.4) is 0 Å². The molecule has 0 aliphatic heterocycles. The molecule has 1 amide bonds. The molecule has 3 aromatic rings. The first-order valence-corrected chi connectivity index (χ1v) is 13.6. The van der Waals surface area contributed by atoms with Crippen LogP contribution in [0.4, 0.5) is 0 Å². The van der Waals surface area contributed by atoms with Gasteiger partial charge in [0.2, 0.25) is 6.79 Å². The van der Waals surface area contributed by atoms with Crippen LogP contribution < -0.4 is 24.3 Å². The van der Waals surface area contributed by atoms with E-state index in [0.717, 1.165) is 33.8 Å². The molecule has 0 fully saturated rings. The van der Waals surface area contributed by atoms with Crippen molar-refractivity contribution in [2.45, 2.75) is 52.7 Å². The standard InChI is InChI=1S/C32H38N2O9/c1-18-15-23(9-11-25(18)38-6)28(24-10-12-26(39-7)19(2)16-24)21(4)43-32(37)20(3)34-31(36)29-30(42-17-41-22(5)35)27(40-8)13-14-33-29/h9-16,20-21,28H,17H2,1-8H3,(H,34,36)/t20-,21-/m0/s1. The molecular formula is C32H38N2O9. The molecule has 2 aromatic carbocycles. The van der Waals surface area contributed by atoms with E-state index in [1.807, 2.05) is 50.2 Å². The zero-order valence-electron chi connectivity index (χ0n) is 25.7. The summed E-state index contributed by atoms with van der Waals surface area (Å²) in [4.78, 5) is 41.6. The van der Waals surface area contributed by atoms with Gasteiger partial charge in [-0.05, 0) is 62.1 Å². The first-order chi connectivity index (χ1) is 20.5. The van der Waals surface area contributed by atoms with Gasteiger partial charge in [-0.1, -0.05) is 24.3 Å². The Hall–Kier alpha value is -4.80. The summed E-state index contributed by atoms with van der Waals surface area (Å²) in [5.74, 6) is -0.595. The molecule has 230 valence electrons. The number of esters is 2. The molecule has 1 aromatic heterocycles. The lowest BCUT2D eigenvalue weighted by atomic mass is 9.85. The molecule has 11 nitrogen and oxygen atoms in total. The van der Waals surface area contributed by atoms with Gasteiger partial charge >= 0.3 is 11.9 Å². The second-order valence-corrected chi connectivity index (χ2v) is 9.86. The van der Waals surface area contributed by atoms with Gasteiger partial charge in [0.25, 0.3) is 5.91 Å². The number of benzene rings is 2. The Balaban J connectivity index is 1.83. The third-order valence-electron chi connectivity index (χ3n) is 6.80. The van der Waals surface area contributed by atoms with Gasteiger partial charge in [0.05, 0.1) is 21.3 Å². The highest BCUT2D eigenvalue weighted by Gasteiger charge is 2.29. The maximum absolute atomic E-state index is 13.3. The molecule has 3 rings (SSSR count). The Labute approximate surface area is 251 Å². The number of aryl methyl sites for hydroxylation is 2.